The summed E-state index contributed by atoms with van der Waals surface area (Å²) in [5.74, 6) is 0.821. The van der Waals surface area contributed by atoms with E-state index in [1.165, 1.54) is 30.1 Å². The fraction of sp³-hybridized carbons (Fsp3) is 0.273. The molecule has 0 bridgehead atoms. The van der Waals surface area contributed by atoms with Crippen molar-refractivity contribution in [1.29, 1.82) is 0 Å². The van der Waals surface area contributed by atoms with E-state index in [1.54, 1.807) is 74.7 Å². The van der Waals surface area contributed by atoms with Gasteiger partial charge < -0.3 is 23.4 Å². The summed E-state index contributed by atoms with van der Waals surface area (Å²) in [6.07, 6.45) is 2.85. The standard InChI is InChI=1S/C33H32N2O8S/c1-6-10-24-28(32(38)42-7-2)29(23-17-19(39-3)13-15-25(23)40-4)35-30(36)27(44-33(35)34-24)18-20-14-16-26(43-20)21-11-8-9-12-22(21)31(37)41-5/h8-9,11-18,29H,6-7,10H2,1-5H3/b27-18-/t29-/m1/s1. The van der Waals surface area contributed by atoms with Crippen LogP contribution in [-0.4, -0.2) is 44.4 Å². The van der Waals surface area contributed by atoms with E-state index in [4.69, 9.17) is 28.4 Å². The van der Waals surface area contributed by atoms with Gasteiger partial charge in [0.1, 0.15) is 29.1 Å². The third kappa shape index (κ3) is 5.70. The molecule has 3 heterocycles. The van der Waals surface area contributed by atoms with Crippen LogP contribution in [0.4, 0.5) is 0 Å². The molecule has 5 rings (SSSR count). The van der Waals surface area contributed by atoms with E-state index in [2.05, 4.69) is 0 Å². The minimum atomic E-state index is -0.877. The quantitative estimate of drug-likeness (QED) is 0.237. The van der Waals surface area contributed by atoms with Crippen molar-refractivity contribution in [3.63, 3.8) is 0 Å². The average molecular weight is 617 g/mol. The molecule has 0 unspecified atom stereocenters. The monoisotopic (exact) mass is 616 g/mol. The summed E-state index contributed by atoms with van der Waals surface area (Å²) in [5, 5.41) is 0. The topological polar surface area (TPSA) is 119 Å². The van der Waals surface area contributed by atoms with Crippen molar-refractivity contribution in [3.8, 4) is 22.8 Å². The molecular weight excluding hydrogens is 584 g/mol. The maximum Gasteiger partial charge on any atom is 0.338 e. The number of aromatic nitrogens is 1. The zero-order chi connectivity index (χ0) is 31.4. The van der Waals surface area contributed by atoms with Gasteiger partial charge in [-0.3, -0.25) is 9.36 Å². The van der Waals surface area contributed by atoms with E-state index >= 15 is 0 Å². The van der Waals surface area contributed by atoms with Crippen LogP contribution in [0.2, 0.25) is 0 Å². The second-order valence-corrected chi connectivity index (χ2v) is 10.8. The molecule has 10 nitrogen and oxygen atoms in total. The highest BCUT2D eigenvalue weighted by Crippen LogP contribution is 2.38. The SMILES string of the molecule is CCCC1=C(C(=O)OCC)[C@@H](c2cc(OC)ccc2OC)n2c(s/c(=C\c3ccc(-c4ccccc4C(=O)OC)o3)c2=O)=N1. The van der Waals surface area contributed by atoms with Gasteiger partial charge in [-0.25, -0.2) is 14.6 Å². The molecule has 0 N–H and O–H groups in total. The Morgan fingerprint density at radius 1 is 1.02 bits per heavy atom. The molecule has 1 aliphatic heterocycles. The molecule has 2 aromatic carbocycles. The van der Waals surface area contributed by atoms with Gasteiger partial charge in [-0.1, -0.05) is 42.9 Å². The van der Waals surface area contributed by atoms with Crippen LogP contribution >= 0.6 is 11.3 Å². The van der Waals surface area contributed by atoms with Crippen LogP contribution in [0.5, 0.6) is 11.5 Å². The number of nitrogens with zero attached hydrogens (tertiary/aromatic N) is 2. The van der Waals surface area contributed by atoms with Crippen LogP contribution < -0.4 is 24.4 Å². The van der Waals surface area contributed by atoms with Crippen molar-refractivity contribution in [2.24, 2.45) is 4.99 Å². The molecule has 2 aromatic heterocycles. The highest BCUT2D eigenvalue weighted by atomic mass is 32.1. The summed E-state index contributed by atoms with van der Waals surface area (Å²) in [4.78, 5) is 45.2. The van der Waals surface area contributed by atoms with Gasteiger partial charge in [0.05, 0.1) is 49.3 Å². The highest BCUT2D eigenvalue weighted by molar-refractivity contribution is 7.07. The zero-order valence-corrected chi connectivity index (χ0v) is 25.9. The molecule has 0 amide bonds. The molecule has 0 fully saturated rings. The Labute approximate surface area is 257 Å². The first-order chi connectivity index (χ1) is 21.3. The highest BCUT2D eigenvalue weighted by Gasteiger charge is 2.36. The van der Waals surface area contributed by atoms with Gasteiger partial charge in [0.25, 0.3) is 5.56 Å². The summed E-state index contributed by atoms with van der Waals surface area (Å²) >= 11 is 1.19. The second kappa shape index (κ2) is 13.2. The van der Waals surface area contributed by atoms with E-state index in [-0.39, 0.29) is 17.7 Å². The number of fused-ring (bicyclic) bond motifs is 1. The molecule has 0 saturated heterocycles. The summed E-state index contributed by atoms with van der Waals surface area (Å²) in [6.45, 7) is 3.89. The van der Waals surface area contributed by atoms with Crippen molar-refractivity contribution in [3.05, 3.63) is 102 Å². The van der Waals surface area contributed by atoms with Crippen LogP contribution in [-0.2, 0) is 14.3 Å². The van der Waals surface area contributed by atoms with Gasteiger partial charge >= 0.3 is 11.9 Å². The molecule has 0 spiro atoms. The largest absolute Gasteiger partial charge is 0.497 e. The Kier molecular flexibility index (Phi) is 9.15. The predicted octanol–water partition coefficient (Wildman–Crippen LogP) is 4.64. The first-order valence-corrected chi connectivity index (χ1v) is 14.9. The van der Waals surface area contributed by atoms with Crippen molar-refractivity contribution >= 4 is 29.4 Å². The first-order valence-electron chi connectivity index (χ1n) is 14.1. The van der Waals surface area contributed by atoms with Gasteiger partial charge in [0, 0.05) is 17.2 Å². The molecule has 11 heteroatoms. The zero-order valence-electron chi connectivity index (χ0n) is 25.0. The fourth-order valence-corrected chi connectivity index (χ4v) is 6.16. The fourth-order valence-electron chi connectivity index (χ4n) is 5.16. The lowest BCUT2D eigenvalue weighted by atomic mass is 9.93. The summed E-state index contributed by atoms with van der Waals surface area (Å²) in [5.41, 5.74) is 1.94. The molecule has 0 aliphatic carbocycles. The Morgan fingerprint density at radius 3 is 2.52 bits per heavy atom. The van der Waals surface area contributed by atoms with E-state index < -0.39 is 18.0 Å². The number of methoxy groups -OCH3 is 3. The number of thiazole rings is 1. The average Bonchev–Trinajstić information content (AvgIpc) is 3.63. The Balaban J connectivity index is 1.71. The number of rotatable bonds is 10. The van der Waals surface area contributed by atoms with E-state index in [9.17, 15) is 14.4 Å². The summed E-state index contributed by atoms with van der Waals surface area (Å²) < 4.78 is 29.5. The number of allylic oxidation sites excluding steroid dienone is 1. The number of hydrogen-bond donors (Lipinski definition) is 0. The number of carbonyl (C=O) groups excluding carboxylic acids is 2. The molecule has 1 aliphatic rings. The third-order valence-electron chi connectivity index (χ3n) is 7.12. The first kappa shape index (κ1) is 30.6. The van der Waals surface area contributed by atoms with Gasteiger partial charge in [0.2, 0.25) is 0 Å². The normalized spacial score (nSPS) is 14.6. The maximum absolute atomic E-state index is 14.1. The molecule has 44 heavy (non-hydrogen) atoms. The van der Waals surface area contributed by atoms with Crippen molar-refractivity contribution in [2.45, 2.75) is 32.7 Å². The van der Waals surface area contributed by atoms with Crippen molar-refractivity contribution in [1.82, 2.24) is 4.57 Å². The minimum absolute atomic E-state index is 0.161. The molecule has 1 atom stereocenters. The minimum Gasteiger partial charge on any atom is -0.497 e. The number of carbonyl (C=O) groups is 2. The molecule has 0 radical (unpaired) electrons. The third-order valence-corrected chi connectivity index (χ3v) is 8.10. The van der Waals surface area contributed by atoms with Crippen LogP contribution in [0, 0.1) is 0 Å². The van der Waals surface area contributed by atoms with Crippen LogP contribution in [0.15, 0.2) is 80.1 Å². The summed E-state index contributed by atoms with van der Waals surface area (Å²) in [7, 11) is 4.39. The maximum atomic E-state index is 14.1. The number of furan rings is 1. The molecule has 4 aromatic rings. The number of ether oxygens (including phenoxy) is 4. The lowest BCUT2D eigenvalue weighted by Gasteiger charge is -2.27. The summed E-state index contributed by atoms with van der Waals surface area (Å²) in [6, 6.07) is 14.8. The van der Waals surface area contributed by atoms with E-state index in [1.807, 2.05) is 6.92 Å². The molecule has 0 saturated carbocycles. The molecule has 228 valence electrons. The van der Waals surface area contributed by atoms with Gasteiger partial charge in [-0.05, 0) is 49.7 Å². The van der Waals surface area contributed by atoms with Crippen molar-refractivity contribution in [2.75, 3.05) is 27.9 Å². The Bertz CT molecular complexity index is 1930. The Morgan fingerprint density at radius 2 is 1.82 bits per heavy atom. The lowest BCUT2D eigenvalue weighted by Crippen LogP contribution is -2.40. The van der Waals surface area contributed by atoms with E-state index in [0.29, 0.717) is 61.2 Å². The van der Waals surface area contributed by atoms with Gasteiger partial charge in [-0.15, -0.1) is 0 Å². The number of benzene rings is 2. The lowest BCUT2D eigenvalue weighted by molar-refractivity contribution is -0.139. The van der Waals surface area contributed by atoms with Crippen LogP contribution in [0.1, 0.15) is 54.4 Å². The number of hydrogen-bond acceptors (Lipinski definition) is 10. The van der Waals surface area contributed by atoms with Crippen LogP contribution in [0.3, 0.4) is 0 Å². The molecular formula is C33H32N2O8S. The van der Waals surface area contributed by atoms with Gasteiger partial charge in [0.15, 0.2) is 4.80 Å². The number of esters is 2. The van der Waals surface area contributed by atoms with Crippen LogP contribution in [0.25, 0.3) is 17.4 Å². The Hall–Kier alpha value is -4.90. The van der Waals surface area contributed by atoms with E-state index in [0.717, 1.165) is 6.42 Å². The second-order valence-electron chi connectivity index (χ2n) is 9.76. The van der Waals surface area contributed by atoms with Gasteiger partial charge in [-0.2, -0.15) is 0 Å². The predicted molar refractivity (Wildman–Crippen MR) is 165 cm³/mol. The smallest absolute Gasteiger partial charge is 0.338 e. The van der Waals surface area contributed by atoms with Crippen molar-refractivity contribution < 1.29 is 33.0 Å².